The molecule has 24 heavy (non-hydrogen) atoms. The molecule has 0 spiro atoms. The Morgan fingerprint density at radius 1 is 0.958 bits per heavy atom. The summed E-state index contributed by atoms with van der Waals surface area (Å²) in [6.07, 6.45) is 3.08. The minimum absolute atomic E-state index is 1.03. The van der Waals surface area contributed by atoms with Crippen molar-refractivity contribution in [3.8, 4) is 0 Å². The summed E-state index contributed by atoms with van der Waals surface area (Å²) >= 11 is 0. The van der Waals surface area contributed by atoms with Gasteiger partial charge in [-0.25, -0.2) is 0 Å². The summed E-state index contributed by atoms with van der Waals surface area (Å²) < 4.78 is 0. The molecule has 2 aromatic carbocycles. The fourth-order valence-corrected chi connectivity index (χ4v) is 3.09. The molecular formula is C21H28N3+. The first-order chi connectivity index (χ1) is 11.7. The molecule has 1 N–H and O–H groups in total. The van der Waals surface area contributed by atoms with Crippen molar-refractivity contribution in [3.05, 3.63) is 70.8 Å². The molecule has 0 radical (unpaired) electrons. The van der Waals surface area contributed by atoms with Gasteiger partial charge < -0.3 is 4.90 Å². The summed E-state index contributed by atoms with van der Waals surface area (Å²) in [4.78, 5) is 1.65. The molecule has 0 amide bonds. The summed E-state index contributed by atoms with van der Waals surface area (Å²) in [6, 6.07) is 17.6. The predicted molar refractivity (Wildman–Crippen MR) is 101 cm³/mol. The van der Waals surface area contributed by atoms with E-state index in [2.05, 4.69) is 72.5 Å². The average Bonchev–Trinajstić information content (AvgIpc) is 2.63. The second kappa shape index (κ2) is 8.11. The van der Waals surface area contributed by atoms with Crippen molar-refractivity contribution >= 4 is 6.21 Å². The Hall–Kier alpha value is -2.13. The van der Waals surface area contributed by atoms with E-state index in [1.54, 1.807) is 4.90 Å². The number of aryl methyl sites for hydroxylation is 2. The summed E-state index contributed by atoms with van der Waals surface area (Å²) in [5.41, 5.74) is 5.32. The summed E-state index contributed by atoms with van der Waals surface area (Å²) in [5, 5.41) is 6.86. The topological polar surface area (TPSA) is 20.0 Å². The van der Waals surface area contributed by atoms with Crippen LogP contribution in [0, 0.1) is 6.92 Å². The highest BCUT2D eigenvalue weighted by atomic mass is 15.5. The zero-order chi connectivity index (χ0) is 16.8. The van der Waals surface area contributed by atoms with E-state index >= 15 is 0 Å². The van der Waals surface area contributed by atoms with Gasteiger partial charge in [0.25, 0.3) is 0 Å². The van der Waals surface area contributed by atoms with E-state index in [0.29, 0.717) is 0 Å². The van der Waals surface area contributed by atoms with Crippen LogP contribution in [-0.2, 0) is 13.0 Å². The van der Waals surface area contributed by atoms with E-state index in [0.717, 1.165) is 39.1 Å². The molecule has 0 atom stereocenters. The van der Waals surface area contributed by atoms with Gasteiger partial charge in [-0.1, -0.05) is 61.0 Å². The van der Waals surface area contributed by atoms with Crippen molar-refractivity contribution in [1.82, 2.24) is 5.01 Å². The lowest BCUT2D eigenvalue weighted by atomic mass is 10.1. The van der Waals surface area contributed by atoms with Crippen LogP contribution in [-0.4, -0.2) is 37.4 Å². The first kappa shape index (κ1) is 16.7. The molecule has 126 valence electrons. The number of benzene rings is 2. The van der Waals surface area contributed by atoms with Gasteiger partial charge in [0.2, 0.25) is 0 Å². The summed E-state index contributed by atoms with van der Waals surface area (Å²) in [6.45, 7) is 9.82. The highest BCUT2D eigenvalue weighted by Crippen LogP contribution is 2.04. The number of nitrogens with zero attached hydrogens (tertiary/aromatic N) is 2. The van der Waals surface area contributed by atoms with E-state index in [4.69, 9.17) is 0 Å². The molecule has 1 heterocycles. The predicted octanol–water partition coefficient (Wildman–Crippen LogP) is 2.29. The maximum atomic E-state index is 4.66. The van der Waals surface area contributed by atoms with Gasteiger partial charge in [0.05, 0.1) is 32.4 Å². The van der Waals surface area contributed by atoms with Gasteiger partial charge in [-0.3, -0.25) is 5.01 Å². The fourth-order valence-electron chi connectivity index (χ4n) is 3.09. The van der Waals surface area contributed by atoms with Crippen LogP contribution in [0.2, 0.25) is 0 Å². The smallest absolute Gasteiger partial charge is 0.103 e. The molecule has 0 aromatic heterocycles. The maximum Gasteiger partial charge on any atom is 0.103 e. The van der Waals surface area contributed by atoms with Crippen molar-refractivity contribution in [1.29, 1.82) is 0 Å². The number of nitrogens with one attached hydrogen (secondary N) is 1. The molecule has 2 aromatic rings. The fraction of sp³-hybridized carbons (Fsp3) is 0.381. The number of piperazine rings is 1. The minimum atomic E-state index is 1.03. The molecule has 3 rings (SSSR count). The van der Waals surface area contributed by atoms with Crippen LogP contribution in [0.4, 0.5) is 0 Å². The number of quaternary nitrogens is 1. The molecule has 1 saturated heterocycles. The van der Waals surface area contributed by atoms with Gasteiger partial charge in [-0.2, -0.15) is 5.10 Å². The molecule has 0 unspecified atom stereocenters. The molecule has 0 bridgehead atoms. The molecule has 3 heteroatoms. The standard InChI is InChI=1S/C21H27N3/c1-3-19-8-10-20(11-9-19)16-22-24-14-12-23(13-15-24)17-21-6-4-18(2)5-7-21/h4-11,16H,3,12-15,17H2,1-2H3/p+1/b22-16-. The highest BCUT2D eigenvalue weighted by molar-refractivity contribution is 5.79. The second-order valence-electron chi connectivity index (χ2n) is 6.71. The third-order valence-corrected chi connectivity index (χ3v) is 4.78. The molecule has 1 aliphatic heterocycles. The Morgan fingerprint density at radius 3 is 2.21 bits per heavy atom. The molecule has 0 saturated carbocycles. The van der Waals surface area contributed by atoms with Crippen molar-refractivity contribution in [2.45, 2.75) is 26.8 Å². The monoisotopic (exact) mass is 322 g/mol. The first-order valence-corrected chi connectivity index (χ1v) is 9.00. The van der Waals surface area contributed by atoms with E-state index in [9.17, 15) is 0 Å². The number of hydrogen-bond donors (Lipinski definition) is 1. The third kappa shape index (κ3) is 4.68. The van der Waals surface area contributed by atoms with Gasteiger partial charge in [0, 0.05) is 5.56 Å². The van der Waals surface area contributed by atoms with Gasteiger partial charge in [-0.15, -0.1) is 0 Å². The maximum absolute atomic E-state index is 4.66. The quantitative estimate of drug-likeness (QED) is 0.838. The van der Waals surface area contributed by atoms with Gasteiger partial charge >= 0.3 is 0 Å². The van der Waals surface area contributed by atoms with Crippen LogP contribution in [0.25, 0.3) is 0 Å². The second-order valence-corrected chi connectivity index (χ2v) is 6.71. The van der Waals surface area contributed by atoms with Crippen LogP contribution in [0.5, 0.6) is 0 Å². The summed E-state index contributed by atoms with van der Waals surface area (Å²) in [5.74, 6) is 0. The van der Waals surface area contributed by atoms with Gasteiger partial charge in [0.15, 0.2) is 0 Å². The lowest BCUT2D eigenvalue weighted by Gasteiger charge is -2.30. The Balaban J connectivity index is 1.47. The lowest BCUT2D eigenvalue weighted by molar-refractivity contribution is -0.918. The van der Waals surface area contributed by atoms with Crippen molar-refractivity contribution < 1.29 is 4.90 Å². The zero-order valence-electron chi connectivity index (χ0n) is 14.8. The zero-order valence-corrected chi connectivity index (χ0v) is 14.8. The first-order valence-electron chi connectivity index (χ1n) is 9.00. The largest absolute Gasteiger partial charge is 0.328 e. The number of hydrogen-bond acceptors (Lipinski definition) is 2. The van der Waals surface area contributed by atoms with Crippen LogP contribution < -0.4 is 4.90 Å². The third-order valence-electron chi connectivity index (χ3n) is 4.78. The molecular weight excluding hydrogens is 294 g/mol. The van der Waals surface area contributed by atoms with Crippen LogP contribution in [0.3, 0.4) is 0 Å². The van der Waals surface area contributed by atoms with Crippen LogP contribution in [0.1, 0.15) is 29.2 Å². The molecule has 1 fully saturated rings. The number of hydrazone groups is 1. The Kier molecular flexibility index (Phi) is 5.65. The molecule has 3 nitrogen and oxygen atoms in total. The average molecular weight is 322 g/mol. The Bertz CT molecular complexity index is 650. The van der Waals surface area contributed by atoms with Gasteiger partial charge in [0.1, 0.15) is 6.54 Å². The normalized spacial score (nSPS) is 16.0. The summed E-state index contributed by atoms with van der Waals surface area (Å²) in [7, 11) is 0. The Labute approximate surface area is 145 Å². The van der Waals surface area contributed by atoms with E-state index in [-0.39, 0.29) is 0 Å². The highest BCUT2D eigenvalue weighted by Gasteiger charge is 2.18. The lowest BCUT2D eigenvalue weighted by Crippen LogP contribution is -3.13. The number of rotatable bonds is 5. The van der Waals surface area contributed by atoms with Gasteiger partial charge in [-0.05, 0) is 24.5 Å². The van der Waals surface area contributed by atoms with Crippen LogP contribution in [0.15, 0.2) is 53.6 Å². The van der Waals surface area contributed by atoms with E-state index < -0.39 is 0 Å². The minimum Gasteiger partial charge on any atom is -0.328 e. The molecule has 1 aliphatic rings. The SMILES string of the molecule is CCc1ccc(/C=N\N2CC[NH+](Cc3ccc(C)cc3)CC2)cc1. The molecule has 0 aliphatic carbocycles. The van der Waals surface area contributed by atoms with Crippen molar-refractivity contribution in [2.75, 3.05) is 26.2 Å². The van der Waals surface area contributed by atoms with Crippen molar-refractivity contribution in [3.63, 3.8) is 0 Å². The van der Waals surface area contributed by atoms with Crippen molar-refractivity contribution in [2.24, 2.45) is 5.10 Å². The van der Waals surface area contributed by atoms with Crippen LogP contribution >= 0.6 is 0 Å². The van der Waals surface area contributed by atoms with E-state index in [1.807, 2.05) is 6.21 Å². The van der Waals surface area contributed by atoms with E-state index in [1.165, 1.54) is 22.3 Å². The Morgan fingerprint density at radius 2 is 1.58 bits per heavy atom.